The third-order valence-corrected chi connectivity index (χ3v) is 2.37. The van der Waals surface area contributed by atoms with Crippen molar-refractivity contribution in [3.8, 4) is 0 Å². The Balaban J connectivity index is 3.18. The Morgan fingerprint density at radius 2 is 1.86 bits per heavy atom. The summed E-state index contributed by atoms with van der Waals surface area (Å²) in [4.78, 5) is 0. The number of benzene rings is 1. The number of hydrogen-bond donors (Lipinski definition) is 1. The molecule has 1 rings (SSSR count). The van der Waals surface area contributed by atoms with E-state index in [0.29, 0.717) is 0 Å². The van der Waals surface area contributed by atoms with Crippen molar-refractivity contribution in [2.75, 3.05) is 5.73 Å². The average Bonchev–Trinajstić information content (AvgIpc) is 2.18. The van der Waals surface area contributed by atoms with Crippen LogP contribution in [0.25, 0.3) is 5.57 Å². The van der Waals surface area contributed by atoms with Crippen molar-refractivity contribution in [2.24, 2.45) is 0 Å². The average molecular weight is 187 g/mol. The maximum atomic E-state index is 5.90. The quantitative estimate of drug-likeness (QED) is 0.555. The molecule has 0 aliphatic rings. The Kier molecular flexibility index (Phi) is 3.52. The van der Waals surface area contributed by atoms with Crippen LogP contribution in [0.5, 0.6) is 0 Å². The highest BCUT2D eigenvalue weighted by Crippen LogP contribution is 2.23. The second-order valence-corrected chi connectivity index (χ2v) is 3.40. The summed E-state index contributed by atoms with van der Waals surface area (Å²) in [5, 5.41) is 0. The van der Waals surface area contributed by atoms with Crippen molar-refractivity contribution in [3.63, 3.8) is 0 Å². The molecule has 2 N–H and O–H groups in total. The number of hydrogen-bond acceptors (Lipinski definition) is 1. The second-order valence-electron chi connectivity index (χ2n) is 3.40. The minimum absolute atomic E-state index is 0.842. The Morgan fingerprint density at radius 1 is 1.21 bits per heavy atom. The Bertz CT molecular complexity index is 373. The molecule has 0 amide bonds. The molecule has 1 aromatic rings. The number of rotatable bonds is 2. The Morgan fingerprint density at radius 3 is 2.43 bits per heavy atom. The molecule has 0 unspecified atom stereocenters. The van der Waals surface area contributed by atoms with Crippen molar-refractivity contribution in [1.82, 2.24) is 0 Å². The Hall–Kier alpha value is -1.50. The van der Waals surface area contributed by atoms with Crippen LogP contribution in [-0.4, -0.2) is 0 Å². The first-order valence-corrected chi connectivity index (χ1v) is 4.82. The van der Waals surface area contributed by atoms with Crippen LogP contribution in [0.2, 0.25) is 0 Å². The topological polar surface area (TPSA) is 26.0 Å². The van der Waals surface area contributed by atoms with Gasteiger partial charge in [-0.1, -0.05) is 30.4 Å². The third kappa shape index (κ3) is 2.25. The summed E-state index contributed by atoms with van der Waals surface area (Å²) in [5.74, 6) is 0. The molecule has 0 atom stereocenters. The number of allylic oxidation sites excluding steroid dienone is 4. The Labute approximate surface area is 85.9 Å². The lowest BCUT2D eigenvalue weighted by Gasteiger charge is -2.07. The number of para-hydroxylation sites is 1. The molecular formula is C13H17N. The fourth-order valence-electron chi connectivity index (χ4n) is 1.43. The number of nitrogen functional groups attached to an aromatic ring is 1. The van der Waals surface area contributed by atoms with E-state index in [1.54, 1.807) is 0 Å². The van der Waals surface area contributed by atoms with Crippen molar-refractivity contribution in [3.05, 3.63) is 47.6 Å². The lowest BCUT2D eigenvalue weighted by molar-refractivity contribution is 1.45. The molecule has 0 heterocycles. The van der Waals surface area contributed by atoms with Crippen molar-refractivity contribution in [1.29, 1.82) is 0 Å². The van der Waals surface area contributed by atoms with Crippen LogP contribution >= 0.6 is 0 Å². The summed E-state index contributed by atoms with van der Waals surface area (Å²) in [6.45, 7) is 6.22. The molecule has 0 aliphatic carbocycles. The normalized spacial score (nSPS) is 13.1. The molecule has 0 aromatic heterocycles. The van der Waals surface area contributed by atoms with E-state index in [2.05, 4.69) is 26.0 Å². The third-order valence-electron chi connectivity index (χ3n) is 2.37. The highest BCUT2D eigenvalue weighted by molar-refractivity contribution is 5.76. The van der Waals surface area contributed by atoms with E-state index in [9.17, 15) is 0 Å². The summed E-state index contributed by atoms with van der Waals surface area (Å²) in [6, 6.07) is 7.95. The van der Waals surface area contributed by atoms with Crippen molar-refractivity contribution >= 4 is 11.3 Å². The highest BCUT2D eigenvalue weighted by Gasteiger charge is 2.01. The minimum Gasteiger partial charge on any atom is -0.398 e. The van der Waals surface area contributed by atoms with Gasteiger partial charge in [0.25, 0.3) is 0 Å². The van der Waals surface area contributed by atoms with E-state index in [4.69, 9.17) is 5.73 Å². The van der Waals surface area contributed by atoms with Gasteiger partial charge in [-0.3, -0.25) is 0 Å². The SMILES string of the molecule is CC=CC(C)=C(C)c1ccccc1N. The van der Waals surface area contributed by atoms with Gasteiger partial charge in [0.1, 0.15) is 0 Å². The van der Waals surface area contributed by atoms with Crippen LogP contribution in [0, 0.1) is 0 Å². The molecule has 1 aromatic carbocycles. The zero-order chi connectivity index (χ0) is 10.6. The summed E-state index contributed by atoms with van der Waals surface area (Å²) >= 11 is 0. The molecule has 0 fully saturated rings. The lowest BCUT2D eigenvalue weighted by atomic mass is 10.0. The van der Waals surface area contributed by atoms with Crippen LogP contribution < -0.4 is 5.73 Å². The second kappa shape index (κ2) is 4.66. The van der Waals surface area contributed by atoms with Crippen LogP contribution in [0.15, 0.2) is 42.0 Å². The van der Waals surface area contributed by atoms with Gasteiger partial charge in [0.2, 0.25) is 0 Å². The molecule has 74 valence electrons. The van der Waals surface area contributed by atoms with E-state index in [1.807, 2.05) is 31.2 Å². The van der Waals surface area contributed by atoms with Gasteiger partial charge in [0.15, 0.2) is 0 Å². The lowest BCUT2D eigenvalue weighted by Crippen LogP contribution is -1.92. The summed E-state index contributed by atoms with van der Waals surface area (Å²) < 4.78 is 0. The number of anilines is 1. The van der Waals surface area contributed by atoms with E-state index < -0.39 is 0 Å². The van der Waals surface area contributed by atoms with Crippen LogP contribution in [0.3, 0.4) is 0 Å². The summed E-state index contributed by atoms with van der Waals surface area (Å²) in [7, 11) is 0. The monoisotopic (exact) mass is 187 g/mol. The molecule has 0 saturated carbocycles. The van der Waals surface area contributed by atoms with Crippen LogP contribution in [0.1, 0.15) is 26.3 Å². The zero-order valence-corrected chi connectivity index (χ0v) is 9.04. The minimum atomic E-state index is 0.842. The first-order valence-electron chi connectivity index (χ1n) is 4.82. The standard InChI is InChI=1S/C13H17N/c1-4-7-10(2)11(3)12-8-5-6-9-13(12)14/h4-9H,14H2,1-3H3. The maximum Gasteiger partial charge on any atom is 0.0390 e. The predicted octanol–water partition coefficient (Wildman–Crippen LogP) is 3.64. The maximum absolute atomic E-state index is 5.90. The first kappa shape index (κ1) is 10.6. The molecule has 0 aliphatic heterocycles. The molecular weight excluding hydrogens is 170 g/mol. The molecule has 1 heteroatoms. The van der Waals surface area contributed by atoms with E-state index in [0.717, 1.165) is 11.3 Å². The van der Waals surface area contributed by atoms with Gasteiger partial charge < -0.3 is 5.73 Å². The van der Waals surface area contributed by atoms with Gasteiger partial charge in [-0.05, 0) is 38.0 Å². The highest BCUT2D eigenvalue weighted by atomic mass is 14.6. The predicted molar refractivity (Wildman–Crippen MR) is 63.9 cm³/mol. The van der Waals surface area contributed by atoms with Crippen molar-refractivity contribution in [2.45, 2.75) is 20.8 Å². The smallest absolute Gasteiger partial charge is 0.0390 e. The van der Waals surface area contributed by atoms with Crippen LogP contribution in [0.4, 0.5) is 5.69 Å². The molecule has 1 nitrogen and oxygen atoms in total. The van der Waals surface area contributed by atoms with E-state index in [1.165, 1.54) is 11.1 Å². The van der Waals surface area contributed by atoms with Gasteiger partial charge in [0, 0.05) is 11.3 Å². The largest absolute Gasteiger partial charge is 0.398 e. The summed E-state index contributed by atoms with van der Waals surface area (Å²) in [5.41, 5.74) is 10.4. The van der Waals surface area contributed by atoms with Gasteiger partial charge >= 0.3 is 0 Å². The fraction of sp³-hybridized carbons (Fsp3) is 0.231. The van der Waals surface area contributed by atoms with Crippen LogP contribution in [-0.2, 0) is 0 Å². The molecule has 0 radical (unpaired) electrons. The van der Waals surface area contributed by atoms with Gasteiger partial charge in [0.05, 0.1) is 0 Å². The van der Waals surface area contributed by atoms with E-state index >= 15 is 0 Å². The van der Waals surface area contributed by atoms with Crippen molar-refractivity contribution < 1.29 is 0 Å². The van der Waals surface area contributed by atoms with Gasteiger partial charge in [-0.15, -0.1) is 0 Å². The molecule has 0 saturated heterocycles. The molecule has 0 bridgehead atoms. The fourth-order valence-corrected chi connectivity index (χ4v) is 1.43. The molecule has 14 heavy (non-hydrogen) atoms. The summed E-state index contributed by atoms with van der Waals surface area (Å²) in [6.07, 6.45) is 4.14. The zero-order valence-electron chi connectivity index (χ0n) is 9.04. The van der Waals surface area contributed by atoms with E-state index in [-0.39, 0.29) is 0 Å². The molecule has 0 spiro atoms. The van der Waals surface area contributed by atoms with Gasteiger partial charge in [-0.25, -0.2) is 0 Å². The number of nitrogens with two attached hydrogens (primary N) is 1. The first-order chi connectivity index (χ1) is 6.66. The van der Waals surface area contributed by atoms with Gasteiger partial charge in [-0.2, -0.15) is 0 Å².